The van der Waals surface area contributed by atoms with Crippen LogP contribution in [0.25, 0.3) is 10.8 Å². The average molecular weight is 555 g/mol. The van der Waals surface area contributed by atoms with Gasteiger partial charge in [0.25, 0.3) is 11.8 Å². The fourth-order valence-electron chi connectivity index (χ4n) is 4.17. The summed E-state index contributed by atoms with van der Waals surface area (Å²) in [7, 11) is -1.36. The lowest BCUT2D eigenvalue weighted by molar-refractivity contribution is -0.140. The summed E-state index contributed by atoms with van der Waals surface area (Å²) in [4.78, 5) is 39.4. The minimum absolute atomic E-state index is 0.0276. The largest absolute Gasteiger partial charge is 0.480 e. The number of aliphatic carboxylic acids is 1. The zero-order valence-electron chi connectivity index (χ0n) is 19.4. The average Bonchev–Trinajstić information content (AvgIpc) is 2.80. The highest BCUT2D eigenvalue weighted by molar-refractivity contribution is 9.10. The molecule has 1 heterocycles. The topological polar surface area (TPSA) is 122 Å². The third-order valence-electron chi connectivity index (χ3n) is 5.85. The summed E-state index contributed by atoms with van der Waals surface area (Å²) >= 11 is 3.46. The van der Waals surface area contributed by atoms with Crippen LogP contribution in [0.5, 0.6) is 0 Å². The number of carbonyl (C=O) groups is 3. The van der Waals surface area contributed by atoms with Crippen molar-refractivity contribution in [1.82, 2.24) is 10.2 Å². The Hall–Kier alpha value is -2.10. The molecule has 0 saturated carbocycles. The number of nitrogens with one attached hydrogen (secondary N) is 1. The molecule has 0 spiro atoms. The number of halogens is 1. The molecule has 0 radical (unpaired) electrons. The Kier molecular flexibility index (Phi) is 8.31. The molecule has 0 fully saturated rings. The number of carboxylic acid groups (broad SMARTS) is 1. The standard InChI is InChI=1S/C23H28BrN2O7P/c1-13(2)12-18(23(29)30)25-19(34(31,32-3)33-4)10-11-26-21(27)15-7-5-6-14-17(24)9-8-16(20(14)15)22(26)28/h5-9,13,18-19,25H,10-12H2,1-4H3,(H,29,30)/t18?,19-/m0/s1. The normalized spacial score (nSPS) is 15.8. The third-order valence-corrected chi connectivity index (χ3v) is 8.73. The van der Waals surface area contributed by atoms with E-state index in [1.54, 1.807) is 24.3 Å². The van der Waals surface area contributed by atoms with E-state index >= 15 is 0 Å². The lowest BCUT2D eigenvalue weighted by atomic mass is 9.94. The number of carboxylic acids is 1. The van der Waals surface area contributed by atoms with E-state index in [2.05, 4.69) is 21.2 Å². The van der Waals surface area contributed by atoms with Crippen molar-refractivity contribution in [3.63, 3.8) is 0 Å². The van der Waals surface area contributed by atoms with Gasteiger partial charge in [-0.1, -0.05) is 41.9 Å². The van der Waals surface area contributed by atoms with E-state index in [0.29, 0.717) is 16.5 Å². The first-order valence-corrected chi connectivity index (χ1v) is 13.2. The van der Waals surface area contributed by atoms with Crippen molar-refractivity contribution >= 4 is 52.1 Å². The number of rotatable bonds is 11. The maximum absolute atomic E-state index is 13.2. The highest BCUT2D eigenvalue weighted by atomic mass is 79.9. The first-order valence-electron chi connectivity index (χ1n) is 10.8. The lowest BCUT2D eigenvalue weighted by Crippen LogP contribution is -2.47. The van der Waals surface area contributed by atoms with Crippen molar-refractivity contribution in [2.75, 3.05) is 20.8 Å². The van der Waals surface area contributed by atoms with Crippen LogP contribution in [-0.2, 0) is 18.4 Å². The molecule has 2 amide bonds. The van der Waals surface area contributed by atoms with Crippen LogP contribution in [0.4, 0.5) is 0 Å². The van der Waals surface area contributed by atoms with Crippen molar-refractivity contribution < 1.29 is 33.1 Å². The number of hydrogen-bond acceptors (Lipinski definition) is 7. The van der Waals surface area contributed by atoms with Gasteiger partial charge in [0.2, 0.25) is 0 Å². The molecule has 1 unspecified atom stereocenters. The maximum Gasteiger partial charge on any atom is 0.346 e. The van der Waals surface area contributed by atoms with Gasteiger partial charge in [0.15, 0.2) is 0 Å². The quantitative estimate of drug-likeness (QED) is 0.307. The first kappa shape index (κ1) is 26.5. The van der Waals surface area contributed by atoms with Crippen LogP contribution < -0.4 is 5.32 Å². The van der Waals surface area contributed by atoms with Crippen LogP contribution >= 0.6 is 23.5 Å². The van der Waals surface area contributed by atoms with Gasteiger partial charge in [-0.3, -0.25) is 29.2 Å². The molecule has 9 nitrogen and oxygen atoms in total. The van der Waals surface area contributed by atoms with E-state index in [9.17, 15) is 24.1 Å². The zero-order chi connectivity index (χ0) is 25.2. The fourth-order valence-corrected chi connectivity index (χ4v) is 6.09. The summed E-state index contributed by atoms with van der Waals surface area (Å²) in [5, 5.41) is 13.9. The Labute approximate surface area is 206 Å². The number of nitrogens with zero attached hydrogens (tertiary/aromatic N) is 1. The molecule has 3 rings (SSSR count). The molecular weight excluding hydrogens is 527 g/mol. The number of benzene rings is 2. The number of hydrogen-bond donors (Lipinski definition) is 2. The summed E-state index contributed by atoms with van der Waals surface area (Å²) in [5.74, 6) is -3.04. The SMILES string of the molecule is COP(=O)(OC)[C@@H](CCN1C(=O)c2cccc3c(Br)ccc(c23)C1=O)NC(CC(C)C)C(=O)O. The Morgan fingerprint density at radius 3 is 2.29 bits per heavy atom. The summed E-state index contributed by atoms with van der Waals surface area (Å²) < 4.78 is 24.3. The van der Waals surface area contributed by atoms with Gasteiger partial charge in [-0.2, -0.15) is 0 Å². The van der Waals surface area contributed by atoms with Crippen molar-refractivity contribution in [3.8, 4) is 0 Å². The Morgan fingerprint density at radius 1 is 1.12 bits per heavy atom. The monoisotopic (exact) mass is 554 g/mol. The fraction of sp³-hybridized carbons (Fsp3) is 0.435. The molecule has 34 heavy (non-hydrogen) atoms. The van der Waals surface area contributed by atoms with Gasteiger partial charge in [0.1, 0.15) is 11.8 Å². The van der Waals surface area contributed by atoms with Crippen molar-refractivity contribution in [2.24, 2.45) is 5.92 Å². The number of carbonyl (C=O) groups excluding carboxylic acids is 2. The highest BCUT2D eigenvalue weighted by Gasteiger charge is 2.39. The molecule has 2 N–H and O–H groups in total. The molecule has 11 heteroatoms. The molecule has 184 valence electrons. The molecule has 2 atom stereocenters. The van der Waals surface area contributed by atoms with Crippen LogP contribution in [0.1, 0.15) is 47.4 Å². The number of amides is 2. The molecule has 0 aromatic heterocycles. The van der Waals surface area contributed by atoms with Gasteiger partial charge in [-0.15, -0.1) is 0 Å². The predicted octanol–water partition coefficient (Wildman–Crippen LogP) is 4.49. The Balaban J connectivity index is 1.91. The van der Waals surface area contributed by atoms with Crippen molar-refractivity contribution in [2.45, 2.75) is 38.5 Å². The molecule has 0 saturated heterocycles. The van der Waals surface area contributed by atoms with Gasteiger partial charge in [0, 0.05) is 41.8 Å². The Morgan fingerprint density at radius 2 is 1.74 bits per heavy atom. The van der Waals surface area contributed by atoms with E-state index < -0.39 is 37.2 Å². The van der Waals surface area contributed by atoms with Crippen LogP contribution in [0.15, 0.2) is 34.8 Å². The smallest absolute Gasteiger partial charge is 0.346 e. The number of imide groups is 1. The van der Waals surface area contributed by atoms with E-state index in [1.807, 2.05) is 19.9 Å². The van der Waals surface area contributed by atoms with Crippen LogP contribution in [0.3, 0.4) is 0 Å². The van der Waals surface area contributed by atoms with Crippen LogP contribution in [-0.4, -0.2) is 60.4 Å². The van der Waals surface area contributed by atoms with Crippen molar-refractivity contribution in [1.29, 1.82) is 0 Å². The van der Waals surface area contributed by atoms with Crippen LogP contribution in [0, 0.1) is 5.92 Å². The van der Waals surface area contributed by atoms with Gasteiger partial charge < -0.3 is 14.2 Å². The second-order valence-electron chi connectivity index (χ2n) is 8.48. The molecular formula is C23H28BrN2O7P. The van der Waals surface area contributed by atoms with E-state index in [1.165, 1.54) is 14.2 Å². The zero-order valence-corrected chi connectivity index (χ0v) is 21.9. The second-order valence-corrected chi connectivity index (χ2v) is 11.8. The van der Waals surface area contributed by atoms with Gasteiger partial charge in [0.05, 0.1) is 0 Å². The molecule has 1 aliphatic heterocycles. The lowest BCUT2D eigenvalue weighted by Gasteiger charge is -2.32. The molecule has 0 aliphatic carbocycles. The second kappa shape index (κ2) is 10.7. The minimum atomic E-state index is -3.78. The molecule has 2 aromatic rings. The van der Waals surface area contributed by atoms with Crippen LogP contribution in [0.2, 0.25) is 0 Å². The molecule has 2 aromatic carbocycles. The summed E-state index contributed by atoms with van der Waals surface area (Å²) in [6.07, 6.45) is 0.255. The highest BCUT2D eigenvalue weighted by Crippen LogP contribution is 2.52. The summed E-state index contributed by atoms with van der Waals surface area (Å²) in [6, 6.07) is 7.64. The van der Waals surface area contributed by atoms with Gasteiger partial charge in [-0.25, -0.2) is 0 Å². The summed E-state index contributed by atoms with van der Waals surface area (Å²) in [6.45, 7) is 3.65. The van der Waals surface area contributed by atoms with E-state index in [4.69, 9.17) is 9.05 Å². The maximum atomic E-state index is 13.2. The van der Waals surface area contributed by atoms with E-state index in [0.717, 1.165) is 14.8 Å². The van der Waals surface area contributed by atoms with Gasteiger partial charge >= 0.3 is 13.6 Å². The first-order chi connectivity index (χ1) is 16.0. The molecule has 1 aliphatic rings. The van der Waals surface area contributed by atoms with Crippen molar-refractivity contribution in [3.05, 3.63) is 45.9 Å². The Bertz CT molecular complexity index is 1140. The predicted molar refractivity (Wildman–Crippen MR) is 131 cm³/mol. The van der Waals surface area contributed by atoms with Gasteiger partial charge in [-0.05, 0) is 42.3 Å². The minimum Gasteiger partial charge on any atom is -0.480 e. The third kappa shape index (κ3) is 5.11. The molecule has 0 bridgehead atoms. The van der Waals surface area contributed by atoms with E-state index in [-0.39, 0.29) is 25.3 Å². The summed E-state index contributed by atoms with van der Waals surface area (Å²) in [5.41, 5.74) is 0.783.